The van der Waals surface area contributed by atoms with Crippen LogP contribution in [0.4, 0.5) is 13.2 Å². The van der Waals surface area contributed by atoms with Crippen molar-refractivity contribution in [1.82, 2.24) is 10.6 Å². The van der Waals surface area contributed by atoms with Crippen LogP contribution in [0.3, 0.4) is 0 Å². The first kappa shape index (κ1) is 25.8. The lowest BCUT2D eigenvalue weighted by Crippen LogP contribution is -2.44. The quantitative estimate of drug-likeness (QED) is 0.559. The summed E-state index contributed by atoms with van der Waals surface area (Å²) in [6.07, 6.45) is -5.41. The predicted octanol–water partition coefficient (Wildman–Crippen LogP) is 5.14. The van der Waals surface area contributed by atoms with Crippen molar-refractivity contribution >= 4 is 40.7 Å². The van der Waals surface area contributed by atoms with Gasteiger partial charge in [-0.15, -0.1) is 0 Å². The predicted molar refractivity (Wildman–Crippen MR) is 123 cm³/mol. The standard InChI is InChI=1S/C23H22Cl2F3N3O3/c1-4-29-20(32)13(3)30-21(33)18-6-5-14(7-12(18)2)19-11-22(34-31-19,23(26,27)28)15-8-16(24)10-17(25)9-15/h5-10,13H,4,11H2,1-3H3,(H,29,32)(H,30,33). The minimum Gasteiger partial charge on any atom is -0.374 e. The highest BCUT2D eigenvalue weighted by Gasteiger charge is 2.62. The van der Waals surface area contributed by atoms with Gasteiger partial charge in [-0.25, -0.2) is 0 Å². The molecule has 182 valence electrons. The Morgan fingerprint density at radius 2 is 1.82 bits per heavy atom. The molecule has 6 nitrogen and oxygen atoms in total. The van der Waals surface area contributed by atoms with Gasteiger partial charge in [0, 0.05) is 34.1 Å². The number of carbonyl (C=O) groups excluding carboxylic acids is 2. The van der Waals surface area contributed by atoms with Crippen molar-refractivity contribution in [2.24, 2.45) is 5.16 Å². The number of rotatable bonds is 6. The second-order valence-corrected chi connectivity index (χ2v) is 8.78. The summed E-state index contributed by atoms with van der Waals surface area (Å²) in [4.78, 5) is 29.5. The maximum atomic E-state index is 14.2. The molecule has 2 aromatic carbocycles. The first-order chi connectivity index (χ1) is 15.9. The van der Waals surface area contributed by atoms with Gasteiger partial charge in [0.05, 0.1) is 5.71 Å². The summed E-state index contributed by atoms with van der Waals surface area (Å²) >= 11 is 11.9. The highest BCUT2D eigenvalue weighted by atomic mass is 35.5. The molecule has 0 fully saturated rings. The van der Waals surface area contributed by atoms with E-state index in [1.54, 1.807) is 26.8 Å². The van der Waals surface area contributed by atoms with E-state index in [0.717, 1.165) is 12.1 Å². The lowest BCUT2D eigenvalue weighted by molar-refractivity contribution is -0.275. The normalized spacial score (nSPS) is 18.6. The fraction of sp³-hybridized carbons (Fsp3) is 0.348. The monoisotopic (exact) mass is 515 g/mol. The number of likely N-dealkylation sites (N-methyl/N-ethyl adjacent to an activating group) is 1. The third-order valence-electron chi connectivity index (χ3n) is 5.41. The molecule has 3 rings (SSSR count). The maximum Gasteiger partial charge on any atom is 0.435 e. The fourth-order valence-electron chi connectivity index (χ4n) is 3.61. The summed E-state index contributed by atoms with van der Waals surface area (Å²) in [5.41, 5.74) is -1.81. The van der Waals surface area contributed by atoms with Gasteiger partial charge in [0.15, 0.2) is 0 Å². The molecule has 11 heteroatoms. The lowest BCUT2D eigenvalue weighted by atomic mass is 9.86. The molecule has 1 aliphatic heterocycles. The Hall–Kier alpha value is -2.78. The molecule has 0 aromatic heterocycles. The molecule has 0 bridgehead atoms. The van der Waals surface area contributed by atoms with Crippen LogP contribution in [0.5, 0.6) is 0 Å². The molecule has 2 N–H and O–H groups in total. The van der Waals surface area contributed by atoms with Crippen LogP contribution in [0, 0.1) is 6.92 Å². The summed E-state index contributed by atoms with van der Waals surface area (Å²) in [5, 5.41) is 9.01. The second kappa shape index (κ2) is 9.84. The number of nitrogens with one attached hydrogen (secondary N) is 2. The van der Waals surface area contributed by atoms with Gasteiger partial charge in [-0.3, -0.25) is 9.59 Å². The smallest absolute Gasteiger partial charge is 0.374 e. The summed E-state index contributed by atoms with van der Waals surface area (Å²) in [5.74, 6) is -0.808. The Balaban J connectivity index is 1.85. The van der Waals surface area contributed by atoms with E-state index in [4.69, 9.17) is 28.0 Å². The van der Waals surface area contributed by atoms with Crippen LogP contribution in [-0.2, 0) is 15.2 Å². The van der Waals surface area contributed by atoms with Crippen LogP contribution in [0.1, 0.15) is 47.3 Å². The molecule has 2 aromatic rings. The average molecular weight is 516 g/mol. The van der Waals surface area contributed by atoms with Crippen molar-refractivity contribution in [2.75, 3.05) is 6.54 Å². The van der Waals surface area contributed by atoms with Crippen LogP contribution in [0.25, 0.3) is 0 Å². The van der Waals surface area contributed by atoms with Gasteiger partial charge in [0.2, 0.25) is 5.91 Å². The Morgan fingerprint density at radius 3 is 2.38 bits per heavy atom. The number of benzene rings is 2. The minimum absolute atomic E-state index is 0.0382. The summed E-state index contributed by atoms with van der Waals surface area (Å²) in [6.45, 7) is 5.38. The summed E-state index contributed by atoms with van der Waals surface area (Å²) in [6, 6.07) is 7.37. The molecular weight excluding hydrogens is 494 g/mol. The van der Waals surface area contributed by atoms with E-state index in [1.807, 2.05) is 0 Å². The molecule has 0 radical (unpaired) electrons. The average Bonchev–Trinajstić information content (AvgIpc) is 3.20. The van der Waals surface area contributed by atoms with Gasteiger partial charge in [-0.05, 0) is 62.2 Å². The van der Waals surface area contributed by atoms with E-state index in [0.29, 0.717) is 17.7 Å². The van der Waals surface area contributed by atoms with Crippen LogP contribution in [0.2, 0.25) is 10.0 Å². The number of hydrogen-bond donors (Lipinski definition) is 2. The zero-order valence-electron chi connectivity index (χ0n) is 18.5. The highest BCUT2D eigenvalue weighted by Crippen LogP contribution is 2.49. The Bertz CT molecular complexity index is 1130. The van der Waals surface area contributed by atoms with E-state index in [1.165, 1.54) is 18.2 Å². The molecule has 34 heavy (non-hydrogen) atoms. The van der Waals surface area contributed by atoms with Gasteiger partial charge in [-0.2, -0.15) is 13.2 Å². The molecule has 1 heterocycles. The number of oxime groups is 1. The van der Waals surface area contributed by atoms with Crippen molar-refractivity contribution in [3.63, 3.8) is 0 Å². The topological polar surface area (TPSA) is 79.8 Å². The van der Waals surface area contributed by atoms with Crippen molar-refractivity contribution in [3.05, 3.63) is 68.7 Å². The number of alkyl halides is 3. The third-order valence-corrected chi connectivity index (χ3v) is 5.85. The first-order valence-corrected chi connectivity index (χ1v) is 11.1. The second-order valence-electron chi connectivity index (χ2n) is 7.91. The van der Waals surface area contributed by atoms with E-state index in [2.05, 4.69) is 15.8 Å². The molecule has 1 aliphatic rings. The number of carbonyl (C=O) groups is 2. The maximum absolute atomic E-state index is 14.2. The number of hydrogen-bond acceptors (Lipinski definition) is 4. The zero-order valence-corrected chi connectivity index (χ0v) is 20.0. The highest BCUT2D eigenvalue weighted by molar-refractivity contribution is 6.34. The SMILES string of the molecule is CCNC(=O)C(C)NC(=O)c1ccc(C2=NOC(c3cc(Cl)cc(Cl)c3)(C(F)(F)F)C2)cc1C. The van der Waals surface area contributed by atoms with Crippen LogP contribution >= 0.6 is 23.2 Å². The number of halogens is 5. The van der Waals surface area contributed by atoms with Crippen molar-refractivity contribution in [1.29, 1.82) is 0 Å². The molecular formula is C23H22Cl2F3N3O3. The Morgan fingerprint density at radius 1 is 1.18 bits per heavy atom. The van der Waals surface area contributed by atoms with Gasteiger partial charge in [0.25, 0.3) is 11.5 Å². The fourth-order valence-corrected chi connectivity index (χ4v) is 4.14. The Kier molecular flexibility index (Phi) is 7.47. The van der Waals surface area contributed by atoms with Crippen molar-refractivity contribution in [2.45, 2.75) is 45.0 Å². The van der Waals surface area contributed by atoms with E-state index in [-0.39, 0.29) is 32.8 Å². The van der Waals surface area contributed by atoms with E-state index in [9.17, 15) is 22.8 Å². The molecule has 0 saturated heterocycles. The van der Waals surface area contributed by atoms with E-state index < -0.39 is 30.1 Å². The van der Waals surface area contributed by atoms with Crippen LogP contribution in [-0.4, -0.2) is 36.3 Å². The zero-order chi connectivity index (χ0) is 25.3. The van der Waals surface area contributed by atoms with Gasteiger partial charge >= 0.3 is 6.18 Å². The lowest BCUT2D eigenvalue weighted by Gasteiger charge is -2.29. The number of amides is 2. The summed E-state index contributed by atoms with van der Waals surface area (Å²) in [7, 11) is 0. The van der Waals surface area contributed by atoms with Crippen molar-refractivity contribution < 1.29 is 27.6 Å². The molecule has 2 amide bonds. The van der Waals surface area contributed by atoms with Gasteiger partial charge in [-0.1, -0.05) is 34.4 Å². The van der Waals surface area contributed by atoms with Gasteiger partial charge in [0.1, 0.15) is 6.04 Å². The molecule has 0 saturated carbocycles. The Labute approximate surface area is 204 Å². The van der Waals surface area contributed by atoms with Crippen molar-refractivity contribution in [3.8, 4) is 0 Å². The third kappa shape index (κ3) is 5.15. The van der Waals surface area contributed by atoms with E-state index >= 15 is 0 Å². The molecule has 2 atom stereocenters. The molecule has 0 spiro atoms. The minimum atomic E-state index is -4.81. The largest absolute Gasteiger partial charge is 0.435 e. The molecule has 2 unspecified atom stereocenters. The number of aryl methyl sites for hydroxylation is 1. The van der Waals surface area contributed by atoms with Crippen LogP contribution < -0.4 is 10.6 Å². The number of nitrogens with zero attached hydrogens (tertiary/aromatic N) is 1. The first-order valence-electron chi connectivity index (χ1n) is 10.4. The van der Waals surface area contributed by atoms with Gasteiger partial charge < -0.3 is 15.5 Å². The molecule has 0 aliphatic carbocycles. The summed E-state index contributed by atoms with van der Waals surface area (Å²) < 4.78 is 42.5. The van der Waals surface area contributed by atoms with Crippen LogP contribution in [0.15, 0.2) is 41.6 Å².